The molecule has 1 saturated heterocycles. The zero-order valence-electron chi connectivity index (χ0n) is 13.4. The van der Waals surface area contributed by atoms with Crippen LogP contribution in [-0.4, -0.2) is 31.1 Å². The Bertz CT molecular complexity index is 573. The van der Waals surface area contributed by atoms with E-state index in [1.165, 1.54) is 0 Å². The minimum atomic E-state index is -4.59. The van der Waals surface area contributed by atoms with Crippen molar-refractivity contribution in [1.29, 1.82) is 0 Å². The van der Waals surface area contributed by atoms with Crippen molar-refractivity contribution in [3.63, 3.8) is 0 Å². The first-order chi connectivity index (χ1) is 10.9. The zero-order valence-corrected chi connectivity index (χ0v) is 15.8. The predicted octanol–water partition coefficient (Wildman–Crippen LogP) is 5.09. The van der Waals surface area contributed by atoms with E-state index in [4.69, 9.17) is 11.6 Å². The van der Waals surface area contributed by atoms with E-state index in [-0.39, 0.29) is 35.4 Å². The van der Waals surface area contributed by atoms with Crippen molar-refractivity contribution in [3.05, 3.63) is 34.1 Å². The number of rotatable bonds is 4. The van der Waals surface area contributed by atoms with E-state index in [1.807, 2.05) is 4.90 Å². The number of benzene rings is 1. The third-order valence-electron chi connectivity index (χ3n) is 4.62. The van der Waals surface area contributed by atoms with Gasteiger partial charge >= 0.3 is 6.18 Å². The molecule has 3 rings (SSSR count). The van der Waals surface area contributed by atoms with Gasteiger partial charge in [0.05, 0.1) is 10.6 Å². The molecule has 144 valence electrons. The largest absolute Gasteiger partial charge is 0.416 e. The summed E-state index contributed by atoms with van der Waals surface area (Å²) in [5, 5.41) is 2.93. The molecule has 1 saturated carbocycles. The van der Waals surface area contributed by atoms with Crippen LogP contribution >= 0.6 is 36.4 Å². The maximum atomic E-state index is 14.6. The number of nitrogens with one attached hydrogen (secondary N) is 1. The minimum Gasteiger partial charge on any atom is -0.314 e. The SMILES string of the molecule is Cl.Cl.Fc1c(Cl)ccc(C(F)(F)F)c1[C@@H](CC1CC1)N1CCNCC1. The monoisotopic (exact) mass is 422 g/mol. The summed E-state index contributed by atoms with van der Waals surface area (Å²) in [6, 6.07) is 1.33. The van der Waals surface area contributed by atoms with Gasteiger partial charge in [-0.2, -0.15) is 13.2 Å². The number of hydrogen-bond donors (Lipinski definition) is 1. The Morgan fingerprint density at radius 2 is 1.76 bits per heavy atom. The molecule has 0 amide bonds. The average Bonchev–Trinajstić information content (AvgIpc) is 3.32. The number of nitrogens with zero attached hydrogens (tertiary/aromatic N) is 1. The van der Waals surface area contributed by atoms with Crippen molar-refractivity contribution in [3.8, 4) is 0 Å². The summed E-state index contributed by atoms with van der Waals surface area (Å²) in [7, 11) is 0. The highest BCUT2D eigenvalue weighted by Crippen LogP contribution is 2.45. The fraction of sp³-hybridized carbons (Fsp3) is 0.625. The van der Waals surface area contributed by atoms with Gasteiger partial charge < -0.3 is 5.32 Å². The maximum absolute atomic E-state index is 14.6. The number of piperazine rings is 1. The molecule has 2 nitrogen and oxygen atoms in total. The van der Waals surface area contributed by atoms with Gasteiger partial charge in [-0.3, -0.25) is 4.90 Å². The Labute approximate surface area is 162 Å². The highest BCUT2D eigenvalue weighted by Gasteiger charge is 2.41. The highest BCUT2D eigenvalue weighted by atomic mass is 35.5. The summed E-state index contributed by atoms with van der Waals surface area (Å²) >= 11 is 5.80. The van der Waals surface area contributed by atoms with Gasteiger partial charge in [0.15, 0.2) is 0 Å². The molecule has 0 bridgehead atoms. The molecule has 1 N–H and O–H groups in total. The van der Waals surface area contributed by atoms with Crippen molar-refractivity contribution in [2.45, 2.75) is 31.5 Å². The van der Waals surface area contributed by atoms with E-state index in [1.54, 1.807) is 0 Å². The Kier molecular flexibility index (Phi) is 8.28. The fourth-order valence-electron chi connectivity index (χ4n) is 3.25. The molecule has 1 aromatic rings. The van der Waals surface area contributed by atoms with Crippen LogP contribution < -0.4 is 5.32 Å². The molecule has 1 aromatic carbocycles. The van der Waals surface area contributed by atoms with Crippen LogP contribution in [0, 0.1) is 11.7 Å². The molecule has 1 atom stereocenters. The summed E-state index contributed by atoms with van der Waals surface area (Å²) in [6.45, 7) is 2.62. The zero-order chi connectivity index (χ0) is 16.6. The lowest BCUT2D eigenvalue weighted by Crippen LogP contribution is -2.45. The normalized spacial score (nSPS) is 19.7. The summed E-state index contributed by atoms with van der Waals surface area (Å²) < 4.78 is 54.8. The summed E-state index contributed by atoms with van der Waals surface area (Å²) in [6.07, 6.45) is -2.02. The van der Waals surface area contributed by atoms with Crippen molar-refractivity contribution in [2.75, 3.05) is 26.2 Å². The fourth-order valence-corrected chi connectivity index (χ4v) is 3.42. The van der Waals surface area contributed by atoms with Gasteiger partial charge in [-0.1, -0.05) is 24.4 Å². The van der Waals surface area contributed by atoms with E-state index in [2.05, 4.69) is 5.32 Å². The lowest BCUT2D eigenvalue weighted by molar-refractivity contribution is -0.139. The van der Waals surface area contributed by atoms with E-state index < -0.39 is 23.6 Å². The quantitative estimate of drug-likeness (QED) is 0.679. The smallest absolute Gasteiger partial charge is 0.314 e. The van der Waals surface area contributed by atoms with Crippen LogP contribution in [0.5, 0.6) is 0 Å². The first kappa shape index (κ1) is 22.8. The standard InChI is InChI=1S/C16H19ClF4N2.2ClH/c17-12-4-3-11(16(19,20)21)14(15(12)18)13(9-10-1-2-10)23-7-5-22-6-8-23;;/h3-4,10,13,22H,1-2,5-9H2;2*1H/t13-;;/m1../s1. The predicted molar refractivity (Wildman–Crippen MR) is 95.4 cm³/mol. The Hall–Kier alpha value is -0.270. The molecule has 2 aliphatic rings. The lowest BCUT2D eigenvalue weighted by atomic mass is 9.93. The molecule has 0 spiro atoms. The second-order valence-electron chi connectivity index (χ2n) is 6.30. The van der Waals surface area contributed by atoms with Crippen LogP contribution in [0.15, 0.2) is 12.1 Å². The van der Waals surface area contributed by atoms with E-state index >= 15 is 0 Å². The number of hydrogen-bond acceptors (Lipinski definition) is 2. The molecule has 25 heavy (non-hydrogen) atoms. The van der Waals surface area contributed by atoms with Gasteiger partial charge in [-0.15, -0.1) is 24.8 Å². The summed E-state index contributed by atoms with van der Waals surface area (Å²) in [5.74, 6) is -0.542. The molecule has 1 aliphatic heterocycles. The van der Waals surface area contributed by atoms with Gasteiger partial charge in [-0.05, 0) is 24.5 Å². The molecular formula is C16H21Cl3F4N2. The van der Waals surface area contributed by atoms with Crippen LogP contribution in [0.3, 0.4) is 0 Å². The van der Waals surface area contributed by atoms with Crippen molar-refractivity contribution >= 4 is 36.4 Å². The lowest BCUT2D eigenvalue weighted by Gasteiger charge is -2.36. The van der Waals surface area contributed by atoms with Gasteiger partial charge in [0.1, 0.15) is 5.82 Å². The average molecular weight is 424 g/mol. The van der Waals surface area contributed by atoms with E-state index in [0.29, 0.717) is 38.5 Å². The Balaban J connectivity index is 0.00000156. The van der Waals surface area contributed by atoms with Crippen molar-refractivity contribution in [2.24, 2.45) is 5.92 Å². The van der Waals surface area contributed by atoms with Gasteiger partial charge in [-0.25, -0.2) is 4.39 Å². The summed E-state index contributed by atoms with van der Waals surface area (Å²) in [5.41, 5.74) is -1.18. The highest BCUT2D eigenvalue weighted by molar-refractivity contribution is 6.30. The molecule has 1 aliphatic carbocycles. The molecule has 9 heteroatoms. The van der Waals surface area contributed by atoms with Crippen LogP contribution in [0.2, 0.25) is 5.02 Å². The first-order valence-corrected chi connectivity index (χ1v) is 8.25. The Morgan fingerprint density at radius 3 is 2.28 bits per heavy atom. The van der Waals surface area contributed by atoms with Crippen LogP contribution in [0.4, 0.5) is 17.6 Å². The summed E-state index contributed by atoms with van der Waals surface area (Å²) in [4.78, 5) is 1.96. The van der Waals surface area contributed by atoms with Crippen LogP contribution in [-0.2, 0) is 6.18 Å². The van der Waals surface area contributed by atoms with Gasteiger partial charge in [0.2, 0.25) is 0 Å². The van der Waals surface area contributed by atoms with Crippen molar-refractivity contribution in [1.82, 2.24) is 10.2 Å². The first-order valence-electron chi connectivity index (χ1n) is 7.88. The second-order valence-corrected chi connectivity index (χ2v) is 6.71. The second kappa shape index (κ2) is 9.09. The minimum absolute atomic E-state index is 0. The van der Waals surface area contributed by atoms with Gasteiger partial charge in [0.25, 0.3) is 0 Å². The van der Waals surface area contributed by atoms with E-state index in [0.717, 1.165) is 25.0 Å². The van der Waals surface area contributed by atoms with Crippen molar-refractivity contribution < 1.29 is 17.6 Å². The van der Waals surface area contributed by atoms with Gasteiger partial charge in [0, 0.05) is 37.8 Å². The molecule has 1 heterocycles. The van der Waals surface area contributed by atoms with Crippen LogP contribution in [0.1, 0.15) is 36.4 Å². The maximum Gasteiger partial charge on any atom is 0.416 e. The molecular weight excluding hydrogens is 403 g/mol. The van der Waals surface area contributed by atoms with Crippen LogP contribution in [0.25, 0.3) is 0 Å². The Morgan fingerprint density at radius 1 is 1.16 bits per heavy atom. The third-order valence-corrected chi connectivity index (χ3v) is 4.91. The molecule has 0 aromatic heterocycles. The topological polar surface area (TPSA) is 15.3 Å². The molecule has 0 radical (unpaired) electrons. The molecule has 2 fully saturated rings. The number of alkyl halides is 3. The third kappa shape index (κ3) is 5.36. The molecule has 0 unspecified atom stereocenters. The number of halogens is 7. The van der Waals surface area contributed by atoms with E-state index in [9.17, 15) is 17.6 Å².